The van der Waals surface area contributed by atoms with E-state index in [0.29, 0.717) is 5.02 Å². The molecule has 2 N–H and O–H groups in total. The van der Waals surface area contributed by atoms with Crippen LogP contribution in [0.3, 0.4) is 0 Å². The summed E-state index contributed by atoms with van der Waals surface area (Å²) >= 11 is 5.70. The first-order valence-electron chi connectivity index (χ1n) is 5.51. The highest BCUT2D eigenvalue weighted by atomic mass is 35.5. The Kier molecular flexibility index (Phi) is 6.93. The molecule has 0 atom stereocenters. The molecule has 1 aromatic rings. The second-order valence-corrected chi connectivity index (χ2v) is 4.65. The molecule has 1 aromatic carbocycles. The maximum atomic E-state index is 10.4. The summed E-state index contributed by atoms with van der Waals surface area (Å²) in [6.07, 6.45) is 0. The van der Waals surface area contributed by atoms with Gasteiger partial charge >= 0.3 is 5.97 Å². The van der Waals surface area contributed by atoms with Crippen molar-refractivity contribution < 1.29 is 19.4 Å². The molecule has 0 radical (unpaired) electrons. The number of para-hydroxylation sites is 1. The molecule has 106 valence electrons. The van der Waals surface area contributed by atoms with Gasteiger partial charge in [-0.05, 0) is 26.0 Å². The topological polar surface area (TPSA) is 75.6 Å². The van der Waals surface area contributed by atoms with Crippen molar-refractivity contribution in [2.75, 3.05) is 7.11 Å². The molecule has 0 saturated carbocycles. The molecule has 0 heterocycles. The first-order chi connectivity index (χ1) is 8.70. The Bertz CT molecular complexity index is 446. The molecule has 0 saturated heterocycles. The Morgan fingerprint density at radius 3 is 2.11 bits per heavy atom. The fourth-order valence-corrected chi connectivity index (χ4v) is 1.32. The lowest BCUT2D eigenvalue weighted by Gasteiger charge is -2.19. The third-order valence-corrected chi connectivity index (χ3v) is 2.39. The third-order valence-electron chi connectivity index (χ3n) is 2.08. The number of amides is 1. The molecular weight excluding hydrogens is 270 g/mol. The van der Waals surface area contributed by atoms with Gasteiger partial charge in [0, 0.05) is 6.92 Å². The Labute approximate surface area is 117 Å². The van der Waals surface area contributed by atoms with Gasteiger partial charge in [-0.15, -0.1) is 0 Å². The minimum atomic E-state index is -1.16. The second kappa shape index (κ2) is 7.63. The summed E-state index contributed by atoms with van der Waals surface area (Å²) in [5, 5.41) is 11.4. The summed E-state index contributed by atoms with van der Waals surface area (Å²) in [5.74, 6) is -0.658. The van der Waals surface area contributed by atoms with Crippen molar-refractivity contribution in [1.82, 2.24) is 5.32 Å². The molecule has 0 unspecified atom stereocenters. The first-order valence-corrected chi connectivity index (χ1v) is 5.89. The van der Waals surface area contributed by atoms with Crippen LogP contribution in [0.15, 0.2) is 24.3 Å². The largest absolute Gasteiger partial charge is 0.495 e. The minimum absolute atomic E-state index is 0.340. The van der Waals surface area contributed by atoms with Crippen LogP contribution in [0.4, 0.5) is 0 Å². The third kappa shape index (κ3) is 6.67. The number of ether oxygens (including phenoxy) is 1. The number of benzene rings is 1. The van der Waals surface area contributed by atoms with Crippen LogP contribution in [-0.2, 0) is 9.59 Å². The fraction of sp³-hybridized carbons (Fsp3) is 0.385. The molecule has 0 aliphatic rings. The molecule has 0 spiro atoms. The van der Waals surface area contributed by atoms with Crippen molar-refractivity contribution >= 4 is 23.5 Å². The zero-order valence-corrected chi connectivity index (χ0v) is 12.1. The molecule has 0 fully saturated rings. The van der Waals surface area contributed by atoms with Gasteiger partial charge in [0.2, 0.25) is 5.91 Å². The number of nitrogens with one attached hydrogen (secondary N) is 1. The Morgan fingerprint density at radius 2 is 1.84 bits per heavy atom. The van der Waals surface area contributed by atoms with Crippen LogP contribution < -0.4 is 10.1 Å². The van der Waals surface area contributed by atoms with Crippen LogP contribution in [0.2, 0.25) is 5.02 Å². The minimum Gasteiger partial charge on any atom is -0.495 e. The number of carbonyl (C=O) groups excluding carboxylic acids is 1. The number of carboxylic acids is 1. The van der Waals surface area contributed by atoms with Crippen molar-refractivity contribution in [3.8, 4) is 5.75 Å². The maximum absolute atomic E-state index is 10.4. The molecule has 0 aliphatic heterocycles. The lowest BCUT2D eigenvalue weighted by Crippen LogP contribution is -2.48. The van der Waals surface area contributed by atoms with E-state index in [-0.39, 0.29) is 5.91 Å². The first kappa shape index (κ1) is 17.2. The monoisotopic (exact) mass is 287 g/mol. The van der Waals surface area contributed by atoms with Gasteiger partial charge in [0.15, 0.2) is 0 Å². The molecule has 5 nitrogen and oxygen atoms in total. The summed E-state index contributed by atoms with van der Waals surface area (Å²) in [7, 11) is 1.60. The summed E-state index contributed by atoms with van der Waals surface area (Å²) in [6, 6.07) is 7.36. The number of aliphatic carboxylic acids is 1. The normalized spacial score (nSPS) is 9.95. The van der Waals surface area contributed by atoms with Crippen molar-refractivity contribution in [3.05, 3.63) is 29.3 Å². The molecule has 6 heteroatoms. The standard InChI is InChI=1S/C7H7ClO.C6H11NO3/c1-9-7-5-3-2-4-6(7)8;1-4(8)7-6(2,3)5(9)10/h2-5H,1H3;1-3H3,(H,7,8)(H,9,10). The maximum Gasteiger partial charge on any atom is 0.328 e. The molecule has 0 aromatic heterocycles. The van der Waals surface area contributed by atoms with E-state index in [9.17, 15) is 9.59 Å². The highest BCUT2D eigenvalue weighted by molar-refractivity contribution is 6.32. The van der Waals surface area contributed by atoms with E-state index in [1.165, 1.54) is 20.8 Å². The van der Waals surface area contributed by atoms with Crippen molar-refractivity contribution in [2.45, 2.75) is 26.3 Å². The molecular formula is C13H18ClNO4. The van der Waals surface area contributed by atoms with Crippen LogP contribution in [0.25, 0.3) is 0 Å². The highest BCUT2D eigenvalue weighted by Crippen LogP contribution is 2.21. The van der Waals surface area contributed by atoms with Crippen molar-refractivity contribution in [1.29, 1.82) is 0 Å². The Morgan fingerprint density at radius 1 is 1.32 bits per heavy atom. The van der Waals surface area contributed by atoms with Gasteiger partial charge in [-0.2, -0.15) is 0 Å². The number of methoxy groups -OCH3 is 1. The van der Waals surface area contributed by atoms with Crippen LogP contribution in [-0.4, -0.2) is 29.6 Å². The number of carbonyl (C=O) groups is 2. The van der Waals surface area contributed by atoms with E-state index in [0.717, 1.165) is 5.75 Å². The van der Waals surface area contributed by atoms with E-state index in [1.807, 2.05) is 18.2 Å². The molecule has 1 rings (SSSR count). The molecule has 0 bridgehead atoms. The number of rotatable bonds is 3. The van der Waals surface area contributed by atoms with Gasteiger partial charge in [-0.25, -0.2) is 4.79 Å². The van der Waals surface area contributed by atoms with Crippen molar-refractivity contribution in [3.63, 3.8) is 0 Å². The van der Waals surface area contributed by atoms with Crippen LogP contribution in [0.5, 0.6) is 5.75 Å². The molecule has 19 heavy (non-hydrogen) atoms. The summed E-state index contributed by atoms with van der Waals surface area (Å²) in [4.78, 5) is 20.7. The van der Waals surface area contributed by atoms with Gasteiger partial charge in [0.05, 0.1) is 12.1 Å². The second-order valence-electron chi connectivity index (χ2n) is 4.25. The van der Waals surface area contributed by atoms with Crippen LogP contribution >= 0.6 is 11.6 Å². The smallest absolute Gasteiger partial charge is 0.328 e. The number of carboxylic acid groups (broad SMARTS) is 1. The zero-order chi connectivity index (χ0) is 15.1. The Balaban J connectivity index is 0.000000342. The lowest BCUT2D eigenvalue weighted by atomic mass is 10.1. The summed E-state index contributed by atoms with van der Waals surface area (Å²) in [6.45, 7) is 4.14. The predicted molar refractivity (Wildman–Crippen MR) is 73.5 cm³/mol. The van der Waals surface area contributed by atoms with Crippen molar-refractivity contribution in [2.24, 2.45) is 0 Å². The summed E-state index contributed by atoms with van der Waals surface area (Å²) in [5.41, 5.74) is -1.16. The molecule has 1 amide bonds. The predicted octanol–water partition coefficient (Wildman–Crippen LogP) is 2.33. The number of hydrogen-bond acceptors (Lipinski definition) is 3. The zero-order valence-electron chi connectivity index (χ0n) is 11.4. The SMILES string of the molecule is CC(=O)NC(C)(C)C(=O)O.COc1ccccc1Cl. The quantitative estimate of drug-likeness (QED) is 0.895. The molecule has 0 aliphatic carbocycles. The average molecular weight is 288 g/mol. The van der Waals surface area contributed by atoms with Gasteiger partial charge in [-0.1, -0.05) is 23.7 Å². The number of halogens is 1. The van der Waals surface area contributed by atoms with Crippen LogP contribution in [0, 0.1) is 0 Å². The van der Waals surface area contributed by atoms with Gasteiger partial charge in [0.1, 0.15) is 11.3 Å². The number of hydrogen-bond donors (Lipinski definition) is 2. The fourth-order valence-electron chi connectivity index (χ4n) is 1.10. The van der Waals surface area contributed by atoms with E-state index < -0.39 is 11.5 Å². The highest BCUT2D eigenvalue weighted by Gasteiger charge is 2.27. The van der Waals surface area contributed by atoms with E-state index >= 15 is 0 Å². The van der Waals surface area contributed by atoms with E-state index in [1.54, 1.807) is 13.2 Å². The Hall–Kier alpha value is -1.75. The average Bonchev–Trinajstić information content (AvgIpc) is 2.28. The van der Waals surface area contributed by atoms with E-state index in [4.69, 9.17) is 21.4 Å². The summed E-state index contributed by atoms with van der Waals surface area (Å²) < 4.78 is 4.91. The van der Waals surface area contributed by atoms with Crippen LogP contribution in [0.1, 0.15) is 20.8 Å². The van der Waals surface area contributed by atoms with Gasteiger partial charge in [0.25, 0.3) is 0 Å². The van der Waals surface area contributed by atoms with Gasteiger partial charge in [-0.3, -0.25) is 4.79 Å². The van der Waals surface area contributed by atoms with Gasteiger partial charge < -0.3 is 15.2 Å². The van der Waals surface area contributed by atoms with E-state index in [2.05, 4.69) is 5.32 Å². The lowest BCUT2D eigenvalue weighted by molar-refractivity contribution is -0.145.